The summed E-state index contributed by atoms with van der Waals surface area (Å²) >= 11 is 0. The van der Waals surface area contributed by atoms with Crippen LogP contribution in [-0.2, 0) is 17.7 Å². The number of imidazole rings is 1. The molecule has 1 aromatic carbocycles. The Hall–Kier alpha value is -4.44. The van der Waals surface area contributed by atoms with Crippen LogP contribution in [0.25, 0.3) is 23.9 Å². The molecule has 0 unspecified atom stereocenters. The molecule has 1 N–H and O–H groups in total. The number of nitrogens with zero attached hydrogens (tertiary/aromatic N) is 6. The van der Waals surface area contributed by atoms with Crippen molar-refractivity contribution >= 4 is 36.0 Å². The molecule has 2 aliphatic heterocycles. The molecule has 1 saturated heterocycles. The number of nitrogens with one attached hydrogen (secondary N) is 1. The minimum absolute atomic E-state index is 0.0279. The third kappa shape index (κ3) is 6.49. The third-order valence-electron chi connectivity index (χ3n) is 7.23. The minimum Gasteiger partial charge on any atom is -0.483 e. The Bertz CT molecular complexity index is 1540. The minimum atomic E-state index is -0.530. The van der Waals surface area contributed by atoms with Crippen molar-refractivity contribution in [3.63, 3.8) is 0 Å². The number of aromatic amines is 1. The quantitative estimate of drug-likeness (QED) is 0.210. The molecule has 1 atom stereocenters. The number of rotatable bonds is 8. The molecule has 5 rings (SSSR count). The van der Waals surface area contributed by atoms with Gasteiger partial charge in [-0.25, -0.2) is 13.8 Å². The summed E-state index contributed by atoms with van der Waals surface area (Å²) in [5.74, 6) is 0.368. The van der Waals surface area contributed by atoms with E-state index in [9.17, 15) is 8.78 Å². The van der Waals surface area contributed by atoms with Crippen LogP contribution in [0.1, 0.15) is 48.1 Å². The second-order valence-corrected chi connectivity index (χ2v) is 10.1. The van der Waals surface area contributed by atoms with E-state index >= 15 is 0 Å². The molecule has 0 bridgehead atoms. The second-order valence-electron chi connectivity index (χ2n) is 10.1. The Kier molecular flexibility index (Phi) is 8.79. The fourth-order valence-corrected chi connectivity index (χ4v) is 5.17. The maximum absolute atomic E-state index is 14.2. The summed E-state index contributed by atoms with van der Waals surface area (Å²) in [5, 5.41) is 16.3. The Morgan fingerprint density at radius 1 is 1.29 bits per heavy atom. The van der Waals surface area contributed by atoms with Gasteiger partial charge in [-0.1, -0.05) is 24.8 Å². The van der Waals surface area contributed by atoms with E-state index in [2.05, 4.69) is 38.0 Å². The number of allylic oxidation sites excluding steroid dienone is 4. The lowest BCUT2D eigenvalue weighted by Crippen LogP contribution is -2.39. The van der Waals surface area contributed by atoms with Gasteiger partial charge < -0.3 is 9.30 Å². The lowest BCUT2D eigenvalue weighted by atomic mass is 9.97. The SMILES string of the molecule is C=Cc1[nH]nc(C2=Cn3ccnc3CC=C2)c1/C=C(C)/C=N/N=C(\OC)[C@@H]1CCCN(Cc2c(F)cccc2F)C1. The number of H-pyrrole nitrogens is 1. The number of aromatic nitrogens is 4. The van der Waals surface area contributed by atoms with Gasteiger partial charge in [-0.3, -0.25) is 10.00 Å². The molecule has 212 valence electrons. The number of ether oxygens (including phenoxy) is 1. The van der Waals surface area contributed by atoms with Crippen molar-refractivity contribution in [1.82, 2.24) is 24.6 Å². The van der Waals surface area contributed by atoms with Crippen molar-refractivity contribution in [3.8, 4) is 0 Å². The average molecular weight is 558 g/mol. The van der Waals surface area contributed by atoms with E-state index in [1.54, 1.807) is 25.6 Å². The standard InChI is InChI=1S/C31H33F2N7O/c1-4-28-24(30(37-36-28)22-8-5-12-29-34-13-15-40(29)19-22)16-21(2)17-35-38-31(41-3)23-9-7-14-39(18-23)20-25-26(32)10-6-11-27(25)33/h4-6,8,10-11,13,15-17,19,23H,1,7,9,12,14,18,20H2,2-3H3,(H,36,37)/b21-16+,35-17+,38-31-/t23-/m1/s1. The van der Waals surface area contributed by atoms with Gasteiger partial charge in [0.2, 0.25) is 5.90 Å². The van der Waals surface area contributed by atoms with Crippen LogP contribution in [0.2, 0.25) is 0 Å². The molecular formula is C31H33F2N7O. The molecule has 0 spiro atoms. The van der Waals surface area contributed by atoms with E-state index in [0.717, 1.165) is 59.7 Å². The Morgan fingerprint density at radius 3 is 2.90 bits per heavy atom. The third-order valence-corrected chi connectivity index (χ3v) is 7.23. The van der Waals surface area contributed by atoms with Crippen LogP contribution in [0.15, 0.2) is 65.1 Å². The van der Waals surface area contributed by atoms with Crippen molar-refractivity contribution in [2.24, 2.45) is 16.1 Å². The number of fused-ring (bicyclic) bond motifs is 1. The lowest BCUT2D eigenvalue weighted by molar-refractivity contribution is 0.178. The van der Waals surface area contributed by atoms with E-state index in [4.69, 9.17) is 4.74 Å². The van der Waals surface area contributed by atoms with Crippen molar-refractivity contribution in [2.45, 2.75) is 32.7 Å². The maximum Gasteiger partial charge on any atom is 0.212 e. The molecular weight excluding hydrogens is 524 g/mol. The first-order valence-electron chi connectivity index (χ1n) is 13.6. The van der Waals surface area contributed by atoms with Gasteiger partial charge in [0.15, 0.2) is 0 Å². The van der Waals surface area contributed by atoms with Gasteiger partial charge in [-0.2, -0.15) is 10.2 Å². The van der Waals surface area contributed by atoms with Crippen LogP contribution in [-0.4, -0.2) is 57.0 Å². The number of methoxy groups -OCH3 is 1. The summed E-state index contributed by atoms with van der Waals surface area (Å²) in [6, 6.07) is 3.96. The predicted molar refractivity (Wildman–Crippen MR) is 159 cm³/mol. The van der Waals surface area contributed by atoms with Crippen LogP contribution in [0.3, 0.4) is 0 Å². The second kappa shape index (κ2) is 12.8. The van der Waals surface area contributed by atoms with E-state index in [1.165, 1.54) is 18.2 Å². The number of hydrogen-bond donors (Lipinski definition) is 1. The van der Waals surface area contributed by atoms with E-state index in [-0.39, 0.29) is 18.0 Å². The summed E-state index contributed by atoms with van der Waals surface area (Å²) in [7, 11) is 1.57. The van der Waals surface area contributed by atoms with Crippen LogP contribution in [0, 0.1) is 17.6 Å². The molecule has 10 heteroatoms. The molecule has 0 radical (unpaired) electrons. The van der Waals surface area contributed by atoms with Gasteiger partial charge in [-0.05, 0) is 56.2 Å². The Labute approximate surface area is 238 Å². The number of likely N-dealkylation sites (tertiary alicyclic amines) is 1. The molecule has 41 heavy (non-hydrogen) atoms. The van der Waals surface area contributed by atoms with Gasteiger partial charge in [0.25, 0.3) is 0 Å². The van der Waals surface area contributed by atoms with E-state index < -0.39 is 11.6 Å². The van der Waals surface area contributed by atoms with Crippen molar-refractivity contribution < 1.29 is 13.5 Å². The summed E-state index contributed by atoms with van der Waals surface area (Å²) in [4.78, 5) is 6.42. The summed E-state index contributed by atoms with van der Waals surface area (Å²) < 4.78 is 36.0. The molecule has 0 amide bonds. The number of piperidine rings is 1. The van der Waals surface area contributed by atoms with E-state index in [1.807, 2.05) is 40.9 Å². The van der Waals surface area contributed by atoms with Gasteiger partial charge in [-0.15, -0.1) is 5.10 Å². The van der Waals surface area contributed by atoms with Crippen LogP contribution < -0.4 is 0 Å². The lowest BCUT2D eigenvalue weighted by Gasteiger charge is -2.32. The predicted octanol–water partition coefficient (Wildman–Crippen LogP) is 5.98. The molecule has 8 nitrogen and oxygen atoms in total. The number of halogens is 2. The van der Waals surface area contributed by atoms with Crippen molar-refractivity contribution in [3.05, 3.63) is 94.9 Å². The molecule has 2 aliphatic rings. The summed E-state index contributed by atoms with van der Waals surface area (Å²) in [6.07, 6.45) is 17.7. The maximum atomic E-state index is 14.2. The van der Waals surface area contributed by atoms with E-state index in [0.29, 0.717) is 12.4 Å². The Morgan fingerprint density at radius 2 is 2.12 bits per heavy atom. The van der Waals surface area contributed by atoms with Crippen LogP contribution >= 0.6 is 0 Å². The topological polar surface area (TPSA) is 83.7 Å². The first-order chi connectivity index (χ1) is 20.0. The van der Waals surface area contributed by atoms with Gasteiger partial charge in [0.05, 0.1) is 19.0 Å². The average Bonchev–Trinajstić information content (AvgIpc) is 3.53. The highest BCUT2D eigenvalue weighted by atomic mass is 19.1. The highest BCUT2D eigenvalue weighted by molar-refractivity contribution is 5.92. The van der Waals surface area contributed by atoms with Gasteiger partial charge in [0, 0.05) is 60.7 Å². The van der Waals surface area contributed by atoms with Crippen LogP contribution in [0.5, 0.6) is 0 Å². The fraction of sp³-hybridized carbons (Fsp3) is 0.290. The Balaban J connectivity index is 1.31. The number of benzene rings is 1. The van der Waals surface area contributed by atoms with Gasteiger partial charge >= 0.3 is 0 Å². The monoisotopic (exact) mass is 557 g/mol. The largest absolute Gasteiger partial charge is 0.483 e. The summed E-state index contributed by atoms with van der Waals surface area (Å²) in [6.45, 7) is 7.38. The highest BCUT2D eigenvalue weighted by Crippen LogP contribution is 2.27. The summed E-state index contributed by atoms with van der Waals surface area (Å²) in [5.41, 5.74) is 4.37. The molecule has 0 aliphatic carbocycles. The zero-order valence-electron chi connectivity index (χ0n) is 23.2. The van der Waals surface area contributed by atoms with Crippen molar-refractivity contribution in [1.29, 1.82) is 0 Å². The molecule has 0 saturated carbocycles. The first-order valence-corrected chi connectivity index (χ1v) is 13.6. The molecule has 3 aromatic rings. The van der Waals surface area contributed by atoms with Gasteiger partial charge in [0.1, 0.15) is 23.2 Å². The fourth-order valence-electron chi connectivity index (χ4n) is 5.17. The van der Waals surface area contributed by atoms with Crippen LogP contribution in [0.4, 0.5) is 8.78 Å². The molecule has 1 fully saturated rings. The van der Waals surface area contributed by atoms with Crippen molar-refractivity contribution in [2.75, 3.05) is 20.2 Å². The molecule has 4 heterocycles. The normalized spacial score (nSPS) is 18.3. The zero-order chi connectivity index (χ0) is 28.8. The zero-order valence-corrected chi connectivity index (χ0v) is 23.2. The highest BCUT2D eigenvalue weighted by Gasteiger charge is 2.26. The molecule has 2 aromatic heterocycles. The first kappa shape index (κ1) is 28.1. The number of hydrogen-bond acceptors (Lipinski definition) is 6. The smallest absolute Gasteiger partial charge is 0.212 e.